The highest BCUT2D eigenvalue weighted by Crippen LogP contribution is 2.31. The van der Waals surface area contributed by atoms with Crippen LogP contribution >= 0.6 is 11.3 Å². The molecule has 6 nitrogen and oxygen atoms in total. The highest BCUT2D eigenvalue weighted by Gasteiger charge is 2.24. The number of carbonyl (C=O) groups excluding carboxylic acids is 2. The number of thiazole rings is 1. The average molecular weight is 501 g/mol. The van der Waals surface area contributed by atoms with Crippen LogP contribution in [0.15, 0.2) is 42.5 Å². The van der Waals surface area contributed by atoms with Crippen LogP contribution in [-0.4, -0.2) is 22.7 Å². The summed E-state index contributed by atoms with van der Waals surface area (Å²) in [5, 5.41) is 6.30. The molecule has 0 aliphatic rings. The lowest BCUT2D eigenvalue weighted by molar-refractivity contribution is 0.0936. The lowest BCUT2D eigenvalue weighted by Gasteiger charge is -2.20. The van der Waals surface area contributed by atoms with Gasteiger partial charge in [0, 0.05) is 17.3 Å². The molecule has 186 valence electrons. The molecule has 9 heteroatoms. The molecule has 1 heterocycles. The number of anilines is 3. The van der Waals surface area contributed by atoms with Crippen molar-refractivity contribution in [1.29, 1.82) is 0 Å². The molecule has 1 atom stereocenters. The molecule has 0 saturated heterocycles. The summed E-state index contributed by atoms with van der Waals surface area (Å²) in [6, 6.07) is 10.0. The summed E-state index contributed by atoms with van der Waals surface area (Å²) in [6.45, 7) is 8.60. The Labute approximate surface area is 208 Å². The van der Waals surface area contributed by atoms with Gasteiger partial charge >= 0.3 is 0 Å². The van der Waals surface area contributed by atoms with Crippen LogP contribution < -0.4 is 16.4 Å². The summed E-state index contributed by atoms with van der Waals surface area (Å²) in [6.07, 6.45) is 3.04. The Morgan fingerprint density at radius 2 is 1.71 bits per heavy atom. The molecule has 0 bridgehead atoms. The van der Waals surface area contributed by atoms with Crippen molar-refractivity contribution in [3.05, 3.63) is 70.1 Å². The lowest BCUT2D eigenvalue weighted by Crippen LogP contribution is -2.32. The largest absolute Gasteiger partial charge is 0.382 e. The number of amides is 1. The van der Waals surface area contributed by atoms with Crippen LogP contribution in [0.1, 0.15) is 72.6 Å². The zero-order valence-electron chi connectivity index (χ0n) is 20.2. The van der Waals surface area contributed by atoms with E-state index in [1.54, 1.807) is 24.3 Å². The van der Waals surface area contributed by atoms with Gasteiger partial charge in [0.15, 0.2) is 5.13 Å². The molecule has 1 unspecified atom stereocenters. The number of carbonyl (C=O) groups is 2. The number of ketones is 1. The third kappa shape index (κ3) is 7.08. The van der Waals surface area contributed by atoms with Crippen molar-refractivity contribution < 1.29 is 18.4 Å². The van der Waals surface area contributed by atoms with Crippen LogP contribution in [0, 0.1) is 17.0 Å². The van der Waals surface area contributed by atoms with Gasteiger partial charge in [-0.1, -0.05) is 44.6 Å². The number of hydrogen-bond acceptors (Lipinski definition) is 6. The first kappa shape index (κ1) is 26.3. The van der Waals surface area contributed by atoms with E-state index in [-0.39, 0.29) is 33.2 Å². The second kappa shape index (κ2) is 10.9. The third-order valence-electron chi connectivity index (χ3n) is 5.39. The molecule has 35 heavy (non-hydrogen) atoms. The highest BCUT2D eigenvalue weighted by molar-refractivity contribution is 7.18. The summed E-state index contributed by atoms with van der Waals surface area (Å²) >= 11 is 0.893. The first-order valence-electron chi connectivity index (χ1n) is 11.4. The number of nitrogens with one attached hydrogen (secondary N) is 2. The minimum absolute atomic E-state index is 0.0621. The first-order valence-corrected chi connectivity index (χ1v) is 12.2. The summed E-state index contributed by atoms with van der Waals surface area (Å²) < 4.78 is 28.0. The molecule has 0 saturated carbocycles. The van der Waals surface area contributed by atoms with Crippen molar-refractivity contribution in [3.63, 3.8) is 0 Å². The van der Waals surface area contributed by atoms with Crippen LogP contribution in [0.3, 0.4) is 0 Å². The highest BCUT2D eigenvalue weighted by atomic mass is 32.1. The second-order valence-electron chi connectivity index (χ2n) is 9.69. The molecule has 1 aromatic heterocycles. The van der Waals surface area contributed by atoms with Crippen molar-refractivity contribution in [2.45, 2.75) is 53.0 Å². The molecule has 2 aromatic carbocycles. The van der Waals surface area contributed by atoms with E-state index < -0.39 is 23.0 Å². The molecule has 3 rings (SSSR count). The topological polar surface area (TPSA) is 97.1 Å². The Balaban J connectivity index is 1.62. The van der Waals surface area contributed by atoms with E-state index in [1.165, 1.54) is 6.07 Å². The van der Waals surface area contributed by atoms with Gasteiger partial charge < -0.3 is 16.4 Å². The molecule has 4 N–H and O–H groups in total. The SMILES string of the molecule is CC(CCCC(C)(C)C)NC(=O)c1ccc(Nc2nc(N)c(C(=O)c3c(F)cccc3F)s2)cc1. The van der Waals surface area contributed by atoms with Crippen molar-refractivity contribution in [3.8, 4) is 0 Å². The first-order chi connectivity index (χ1) is 16.4. The quantitative estimate of drug-likeness (QED) is 0.299. The molecule has 0 spiro atoms. The number of hydrogen-bond donors (Lipinski definition) is 3. The van der Waals surface area contributed by atoms with Gasteiger partial charge in [-0.3, -0.25) is 9.59 Å². The Kier molecular flexibility index (Phi) is 8.22. The van der Waals surface area contributed by atoms with Crippen molar-refractivity contribution in [2.75, 3.05) is 11.1 Å². The molecule has 3 aromatic rings. The van der Waals surface area contributed by atoms with Gasteiger partial charge in [0.2, 0.25) is 5.78 Å². The molecule has 1 amide bonds. The van der Waals surface area contributed by atoms with Crippen LogP contribution in [0.5, 0.6) is 0 Å². The monoisotopic (exact) mass is 500 g/mol. The number of rotatable bonds is 9. The van der Waals surface area contributed by atoms with Crippen molar-refractivity contribution >= 4 is 39.7 Å². The van der Waals surface area contributed by atoms with Gasteiger partial charge in [0.1, 0.15) is 22.3 Å². The van der Waals surface area contributed by atoms with Crippen LogP contribution in [0.2, 0.25) is 0 Å². The molecule has 0 fully saturated rings. The van der Waals surface area contributed by atoms with Gasteiger partial charge in [-0.15, -0.1) is 0 Å². The minimum atomic E-state index is -0.963. The predicted octanol–water partition coefficient (Wildman–Crippen LogP) is 6.31. The minimum Gasteiger partial charge on any atom is -0.382 e. The standard InChI is InChI=1S/C26H30F2N4O2S/c1-15(7-6-14-26(2,3)4)30-24(34)16-10-12-17(13-11-16)31-25-32-23(29)22(35-25)21(33)20-18(27)8-5-9-19(20)28/h5,8-13,15H,6-7,14,29H2,1-4H3,(H,30,34)(H,31,32). The van der Waals surface area contributed by atoms with Crippen LogP contribution in [0.25, 0.3) is 0 Å². The summed E-state index contributed by atoms with van der Waals surface area (Å²) in [5.74, 6) is -3.07. The van der Waals surface area contributed by atoms with E-state index >= 15 is 0 Å². The zero-order valence-corrected chi connectivity index (χ0v) is 21.1. The number of aromatic nitrogens is 1. The maximum atomic E-state index is 14.0. The lowest BCUT2D eigenvalue weighted by atomic mass is 9.89. The van der Waals surface area contributed by atoms with E-state index in [9.17, 15) is 18.4 Å². The number of benzene rings is 2. The fourth-order valence-electron chi connectivity index (χ4n) is 3.52. The molecular weight excluding hydrogens is 470 g/mol. The maximum Gasteiger partial charge on any atom is 0.251 e. The molecule has 0 aliphatic heterocycles. The fourth-order valence-corrected chi connectivity index (χ4v) is 4.37. The van der Waals surface area contributed by atoms with Gasteiger partial charge in [-0.2, -0.15) is 0 Å². The Hall–Kier alpha value is -3.33. The van der Waals surface area contributed by atoms with Gasteiger partial charge in [0.25, 0.3) is 5.91 Å². The number of nitrogen functional groups attached to an aromatic ring is 1. The van der Waals surface area contributed by atoms with E-state index in [0.717, 1.165) is 42.7 Å². The fraction of sp³-hybridized carbons (Fsp3) is 0.346. The van der Waals surface area contributed by atoms with E-state index in [4.69, 9.17) is 5.73 Å². The Bertz CT molecular complexity index is 1180. The van der Waals surface area contributed by atoms with E-state index in [0.29, 0.717) is 11.3 Å². The maximum absolute atomic E-state index is 14.0. The summed E-state index contributed by atoms with van der Waals surface area (Å²) in [5.41, 5.74) is 6.58. The predicted molar refractivity (Wildman–Crippen MR) is 136 cm³/mol. The molecule has 0 aliphatic carbocycles. The number of nitrogens with zero attached hydrogens (tertiary/aromatic N) is 1. The smallest absolute Gasteiger partial charge is 0.251 e. The van der Waals surface area contributed by atoms with Crippen LogP contribution in [-0.2, 0) is 0 Å². The number of nitrogens with two attached hydrogens (primary N) is 1. The van der Waals surface area contributed by atoms with Gasteiger partial charge in [0.05, 0.1) is 5.56 Å². The van der Waals surface area contributed by atoms with Gasteiger partial charge in [-0.25, -0.2) is 13.8 Å². The Morgan fingerprint density at radius 1 is 1.09 bits per heavy atom. The molecular formula is C26H30F2N4O2S. The van der Waals surface area contributed by atoms with Crippen LogP contribution in [0.4, 0.5) is 25.4 Å². The molecule has 0 radical (unpaired) electrons. The summed E-state index contributed by atoms with van der Waals surface area (Å²) in [7, 11) is 0. The zero-order chi connectivity index (χ0) is 25.8. The second-order valence-corrected chi connectivity index (χ2v) is 10.7. The Morgan fingerprint density at radius 3 is 2.31 bits per heavy atom. The van der Waals surface area contributed by atoms with E-state index in [1.807, 2.05) is 6.92 Å². The summed E-state index contributed by atoms with van der Waals surface area (Å²) in [4.78, 5) is 29.2. The average Bonchev–Trinajstić information content (AvgIpc) is 3.13. The third-order valence-corrected chi connectivity index (χ3v) is 6.37. The van der Waals surface area contributed by atoms with E-state index in [2.05, 4.69) is 36.4 Å². The normalized spacial score (nSPS) is 12.3. The van der Waals surface area contributed by atoms with Crippen molar-refractivity contribution in [2.24, 2.45) is 5.41 Å². The number of halogens is 2. The van der Waals surface area contributed by atoms with Gasteiger partial charge in [-0.05, 0) is 61.6 Å². The van der Waals surface area contributed by atoms with Crippen molar-refractivity contribution in [1.82, 2.24) is 10.3 Å².